The third-order valence-electron chi connectivity index (χ3n) is 2.36. The molecule has 0 atom stereocenters. The zero-order valence-corrected chi connectivity index (χ0v) is 8.11. The van der Waals surface area contributed by atoms with Crippen LogP contribution in [0.3, 0.4) is 0 Å². The van der Waals surface area contributed by atoms with Crippen LogP contribution in [0.1, 0.15) is 6.92 Å². The van der Waals surface area contributed by atoms with E-state index in [1.807, 2.05) is 0 Å². The molecule has 1 aliphatic rings. The monoisotopic (exact) mass is 196 g/mol. The molecular formula is C10H13FN2O. The molecule has 0 aromatic carbocycles. The number of halogens is 1. The standard InChI is InChI=1S/C10H13FN2O/c1-2-13-6-9(7-13)14-10-4-3-8(11)5-12-10/h3-5,9H,2,6-7H2,1H3. The van der Waals surface area contributed by atoms with Crippen molar-refractivity contribution in [2.45, 2.75) is 13.0 Å². The Morgan fingerprint density at radius 2 is 2.36 bits per heavy atom. The van der Waals surface area contributed by atoms with Crippen LogP contribution in [0.25, 0.3) is 0 Å². The van der Waals surface area contributed by atoms with Crippen molar-refractivity contribution in [1.82, 2.24) is 9.88 Å². The molecule has 0 aliphatic carbocycles. The summed E-state index contributed by atoms with van der Waals surface area (Å²) in [5.74, 6) is 0.174. The predicted molar refractivity (Wildman–Crippen MR) is 50.7 cm³/mol. The van der Waals surface area contributed by atoms with Crippen LogP contribution in [0.2, 0.25) is 0 Å². The lowest BCUT2D eigenvalue weighted by molar-refractivity contribution is 0.0208. The minimum atomic E-state index is -0.332. The summed E-state index contributed by atoms with van der Waals surface area (Å²) >= 11 is 0. The third kappa shape index (κ3) is 2.01. The third-order valence-corrected chi connectivity index (χ3v) is 2.36. The average molecular weight is 196 g/mol. The van der Waals surface area contributed by atoms with Crippen molar-refractivity contribution in [3.8, 4) is 5.88 Å². The van der Waals surface area contributed by atoms with Gasteiger partial charge in [-0.25, -0.2) is 9.37 Å². The summed E-state index contributed by atoms with van der Waals surface area (Å²) in [4.78, 5) is 6.11. The van der Waals surface area contributed by atoms with Crippen LogP contribution in [0.5, 0.6) is 5.88 Å². The molecule has 76 valence electrons. The second-order valence-electron chi connectivity index (χ2n) is 3.41. The summed E-state index contributed by atoms with van der Waals surface area (Å²) in [5, 5.41) is 0. The van der Waals surface area contributed by atoms with E-state index in [9.17, 15) is 4.39 Å². The van der Waals surface area contributed by atoms with E-state index in [0.717, 1.165) is 19.6 Å². The first-order valence-corrected chi connectivity index (χ1v) is 4.78. The molecule has 1 fully saturated rings. The van der Waals surface area contributed by atoms with Crippen molar-refractivity contribution in [2.75, 3.05) is 19.6 Å². The maximum absolute atomic E-state index is 12.5. The number of hydrogen-bond acceptors (Lipinski definition) is 3. The second kappa shape index (κ2) is 3.92. The molecule has 2 rings (SSSR count). The molecule has 0 unspecified atom stereocenters. The van der Waals surface area contributed by atoms with Crippen molar-refractivity contribution in [3.05, 3.63) is 24.1 Å². The van der Waals surface area contributed by atoms with Crippen LogP contribution in [-0.2, 0) is 0 Å². The van der Waals surface area contributed by atoms with Gasteiger partial charge < -0.3 is 4.74 Å². The van der Waals surface area contributed by atoms with E-state index in [0.29, 0.717) is 5.88 Å². The van der Waals surface area contributed by atoms with E-state index in [4.69, 9.17) is 4.74 Å². The fraction of sp³-hybridized carbons (Fsp3) is 0.500. The Morgan fingerprint density at radius 3 is 2.93 bits per heavy atom. The van der Waals surface area contributed by atoms with Crippen molar-refractivity contribution in [3.63, 3.8) is 0 Å². The smallest absolute Gasteiger partial charge is 0.213 e. The number of nitrogens with zero attached hydrogens (tertiary/aromatic N) is 2. The molecule has 1 aromatic rings. The molecule has 1 saturated heterocycles. The fourth-order valence-electron chi connectivity index (χ4n) is 1.46. The molecule has 1 aliphatic heterocycles. The number of pyridine rings is 1. The second-order valence-corrected chi connectivity index (χ2v) is 3.41. The van der Waals surface area contributed by atoms with E-state index in [1.165, 1.54) is 12.3 Å². The Balaban J connectivity index is 1.84. The normalized spacial score (nSPS) is 17.9. The Hall–Kier alpha value is -1.16. The predicted octanol–water partition coefficient (Wildman–Crippen LogP) is 1.30. The number of hydrogen-bond donors (Lipinski definition) is 0. The fourth-order valence-corrected chi connectivity index (χ4v) is 1.46. The Labute approximate surface area is 82.5 Å². The van der Waals surface area contributed by atoms with Gasteiger partial charge in [-0.1, -0.05) is 6.92 Å². The summed E-state index contributed by atoms with van der Waals surface area (Å²) in [6, 6.07) is 2.92. The molecule has 3 nitrogen and oxygen atoms in total. The number of likely N-dealkylation sites (tertiary alicyclic amines) is 1. The van der Waals surface area contributed by atoms with Gasteiger partial charge in [0.1, 0.15) is 11.9 Å². The highest BCUT2D eigenvalue weighted by Gasteiger charge is 2.26. The van der Waals surface area contributed by atoms with Crippen molar-refractivity contribution in [2.24, 2.45) is 0 Å². The Bertz CT molecular complexity index is 295. The van der Waals surface area contributed by atoms with Gasteiger partial charge in [0.15, 0.2) is 0 Å². The van der Waals surface area contributed by atoms with Gasteiger partial charge >= 0.3 is 0 Å². The summed E-state index contributed by atoms with van der Waals surface area (Å²) in [7, 11) is 0. The van der Waals surface area contributed by atoms with Gasteiger partial charge in [-0.05, 0) is 12.6 Å². The van der Waals surface area contributed by atoms with E-state index in [1.54, 1.807) is 6.07 Å². The van der Waals surface area contributed by atoms with Crippen LogP contribution < -0.4 is 4.74 Å². The number of aromatic nitrogens is 1. The van der Waals surface area contributed by atoms with Gasteiger partial charge in [-0.3, -0.25) is 4.90 Å². The summed E-state index contributed by atoms with van der Waals surface area (Å²) in [6.07, 6.45) is 1.39. The molecule has 0 bridgehead atoms. The molecular weight excluding hydrogens is 183 g/mol. The quantitative estimate of drug-likeness (QED) is 0.728. The molecule has 0 N–H and O–H groups in total. The van der Waals surface area contributed by atoms with E-state index < -0.39 is 0 Å². The lowest BCUT2D eigenvalue weighted by Crippen LogP contribution is -2.53. The Kier molecular flexibility index (Phi) is 2.63. The van der Waals surface area contributed by atoms with Gasteiger partial charge in [0.25, 0.3) is 0 Å². The van der Waals surface area contributed by atoms with E-state index in [2.05, 4.69) is 16.8 Å². The highest BCUT2D eigenvalue weighted by Crippen LogP contribution is 2.15. The maximum Gasteiger partial charge on any atom is 0.213 e. The van der Waals surface area contributed by atoms with Gasteiger partial charge in [0, 0.05) is 19.2 Å². The zero-order chi connectivity index (χ0) is 9.97. The summed E-state index contributed by atoms with van der Waals surface area (Å²) in [5.41, 5.74) is 0. The van der Waals surface area contributed by atoms with Gasteiger partial charge in [0.05, 0.1) is 6.20 Å². The Morgan fingerprint density at radius 1 is 1.57 bits per heavy atom. The van der Waals surface area contributed by atoms with Crippen LogP contribution in [0, 0.1) is 5.82 Å². The van der Waals surface area contributed by atoms with Crippen LogP contribution in [-0.4, -0.2) is 35.6 Å². The highest BCUT2D eigenvalue weighted by atomic mass is 19.1. The minimum absolute atomic E-state index is 0.216. The molecule has 2 heterocycles. The topological polar surface area (TPSA) is 25.4 Å². The largest absolute Gasteiger partial charge is 0.472 e. The van der Waals surface area contributed by atoms with Crippen LogP contribution in [0.4, 0.5) is 4.39 Å². The van der Waals surface area contributed by atoms with Gasteiger partial charge in [-0.2, -0.15) is 0 Å². The van der Waals surface area contributed by atoms with Crippen molar-refractivity contribution < 1.29 is 9.13 Å². The minimum Gasteiger partial charge on any atom is -0.472 e. The summed E-state index contributed by atoms with van der Waals surface area (Å²) < 4.78 is 18.0. The number of rotatable bonds is 3. The molecule has 4 heteroatoms. The molecule has 0 amide bonds. The summed E-state index contributed by atoms with van der Waals surface area (Å²) in [6.45, 7) is 5.05. The zero-order valence-electron chi connectivity index (χ0n) is 8.11. The SMILES string of the molecule is CCN1CC(Oc2ccc(F)cn2)C1. The van der Waals surface area contributed by atoms with Gasteiger partial charge in [0.2, 0.25) is 5.88 Å². The van der Waals surface area contributed by atoms with E-state index >= 15 is 0 Å². The maximum atomic E-state index is 12.5. The van der Waals surface area contributed by atoms with Gasteiger partial charge in [-0.15, -0.1) is 0 Å². The van der Waals surface area contributed by atoms with Crippen molar-refractivity contribution >= 4 is 0 Å². The highest BCUT2D eigenvalue weighted by molar-refractivity contribution is 5.11. The molecule has 0 radical (unpaired) electrons. The number of likely N-dealkylation sites (N-methyl/N-ethyl adjacent to an activating group) is 1. The lowest BCUT2D eigenvalue weighted by atomic mass is 10.2. The molecule has 1 aromatic heterocycles. The first-order chi connectivity index (χ1) is 6.78. The van der Waals surface area contributed by atoms with E-state index in [-0.39, 0.29) is 11.9 Å². The molecule has 0 saturated carbocycles. The van der Waals surface area contributed by atoms with Crippen LogP contribution >= 0.6 is 0 Å². The molecule has 0 spiro atoms. The average Bonchev–Trinajstić information content (AvgIpc) is 2.13. The molecule has 14 heavy (non-hydrogen) atoms. The van der Waals surface area contributed by atoms with Crippen LogP contribution in [0.15, 0.2) is 18.3 Å². The lowest BCUT2D eigenvalue weighted by Gasteiger charge is -2.37. The van der Waals surface area contributed by atoms with Crippen molar-refractivity contribution in [1.29, 1.82) is 0 Å². The first kappa shape index (κ1) is 9.40. The first-order valence-electron chi connectivity index (χ1n) is 4.78. The number of ether oxygens (including phenoxy) is 1.